The zero-order valence-corrected chi connectivity index (χ0v) is 19.3. The van der Waals surface area contributed by atoms with Crippen molar-refractivity contribution in [1.29, 1.82) is 0 Å². The molecule has 0 aromatic heterocycles. The molecule has 0 aliphatic rings. The van der Waals surface area contributed by atoms with Crippen LogP contribution in [0.1, 0.15) is 11.1 Å². The molecule has 0 atom stereocenters. The molecule has 0 radical (unpaired) electrons. The minimum atomic E-state index is 0.533. The number of hydrogen-bond acceptors (Lipinski definition) is 4. The summed E-state index contributed by atoms with van der Waals surface area (Å²) in [4.78, 5) is 4.42. The summed E-state index contributed by atoms with van der Waals surface area (Å²) in [5.74, 6) is 0. The summed E-state index contributed by atoms with van der Waals surface area (Å²) in [6.07, 6.45) is 0. The lowest BCUT2D eigenvalue weighted by Gasteiger charge is -2.08. The maximum Gasteiger partial charge on any atom is 0.117 e. The van der Waals surface area contributed by atoms with Gasteiger partial charge in [-0.2, -0.15) is 0 Å². The van der Waals surface area contributed by atoms with E-state index in [0.717, 1.165) is 40.8 Å². The number of benzene rings is 4. The first kappa shape index (κ1) is 21.8. The van der Waals surface area contributed by atoms with Crippen molar-refractivity contribution in [3.8, 4) is 0 Å². The molecule has 0 fully saturated rings. The van der Waals surface area contributed by atoms with Crippen LogP contribution in [-0.2, 0) is 0 Å². The van der Waals surface area contributed by atoms with Crippen molar-refractivity contribution in [1.82, 2.24) is 0 Å². The Bertz CT molecular complexity index is 1080. The van der Waals surface area contributed by atoms with E-state index in [-0.39, 0.29) is 0 Å². The molecule has 0 amide bonds. The SMILES string of the molecule is ON=C(c1ccc(Sc2ccc(Cl)cc2)cc1)c1ccc(Sc2ccc(Cl)cc2)cc1. The van der Waals surface area contributed by atoms with Gasteiger partial charge in [-0.1, -0.05) is 76.1 Å². The smallest absolute Gasteiger partial charge is 0.117 e. The van der Waals surface area contributed by atoms with Gasteiger partial charge in [-0.25, -0.2) is 0 Å². The molecule has 31 heavy (non-hydrogen) atoms. The van der Waals surface area contributed by atoms with E-state index >= 15 is 0 Å². The molecule has 0 heterocycles. The Kier molecular flexibility index (Phi) is 7.25. The van der Waals surface area contributed by atoms with Crippen LogP contribution in [0.5, 0.6) is 0 Å². The van der Waals surface area contributed by atoms with Crippen LogP contribution in [0.25, 0.3) is 0 Å². The van der Waals surface area contributed by atoms with Gasteiger partial charge in [0.1, 0.15) is 5.71 Å². The molecule has 2 nitrogen and oxygen atoms in total. The van der Waals surface area contributed by atoms with Crippen molar-refractivity contribution in [2.45, 2.75) is 19.6 Å². The Labute approximate surface area is 199 Å². The first-order valence-electron chi connectivity index (χ1n) is 9.40. The fraction of sp³-hybridized carbons (Fsp3) is 0. The van der Waals surface area contributed by atoms with E-state index in [4.69, 9.17) is 23.2 Å². The number of rotatable bonds is 6. The van der Waals surface area contributed by atoms with Crippen molar-refractivity contribution in [2.75, 3.05) is 0 Å². The normalized spacial score (nSPS) is 10.6. The maximum atomic E-state index is 9.65. The minimum Gasteiger partial charge on any atom is -0.410 e. The maximum absolute atomic E-state index is 9.65. The molecule has 0 bridgehead atoms. The summed E-state index contributed by atoms with van der Waals surface area (Å²) < 4.78 is 0. The summed E-state index contributed by atoms with van der Waals surface area (Å²) in [7, 11) is 0. The zero-order valence-electron chi connectivity index (χ0n) is 16.2. The van der Waals surface area contributed by atoms with Gasteiger partial charge in [0.05, 0.1) is 0 Å². The van der Waals surface area contributed by atoms with Crippen LogP contribution >= 0.6 is 46.7 Å². The van der Waals surface area contributed by atoms with Gasteiger partial charge in [-0.05, 0) is 72.8 Å². The molecule has 0 saturated carbocycles. The molecule has 6 heteroatoms. The van der Waals surface area contributed by atoms with E-state index < -0.39 is 0 Å². The molecule has 0 aliphatic heterocycles. The monoisotopic (exact) mass is 481 g/mol. The summed E-state index contributed by atoms with van der Waals surface area (Å²) in [6, 6.07) is 31.4. The first-order valence-corrected chi connectivity index (χ1v) is 11.8. The highest BCUT2D eigenvalue weighted by molar-refractivity contribution is 7.99. The van der Waals surface area contributed by atoms with Crippen LogP contribution in [0.15, 0.2) is 122 Å². The molecule has 0 aliphatic carbocycles. The first-order chi connectivity index (χ1) is 15.1. The van der Waals surface area contributed by atoms with Gasteiger partial charge in [-0.3, -0.25) is 0 Å². The molecule has 0 spiro atoms. The predicted octanol–water partition coefficient (Wildman–Crippen LogP) is 8.52. The van der Waals surface area contributed by atoms with Crippen LogP contribution in [0, 0.1) is 0 Å². The van der Waals surface area contributed by atoms with Crippen molar-refractivity contribution < 1.29 is 5.21 Å². The minimum absolute atomic E-state index is 0.533. The lowest BCUT2D eigenvalue weighted by molar-refractivity contribution is 0.319. The Morgan fingerprint density at radius 1 is 0.516 bits per heavy atom. The second-order valence-electron chi connectivity index (χ2n) is 6.61. The third-order valence-corrected chi connectivity index (χ3v) is 6.99. The third kappa shape index (κ3) is 5.86. The second kappa shape index (κ2) is 10.3. The van der Waals surface area contributed by atoms with Crippen LogP contribution in [-0.4, -0.2) is 10.9 Å². The molecule has 4 aromatic carbocycles. The van der Waals surface area contributed by atoms with Crippen molar-refractivity contribution in [2.24, 2.45) is 5.16 Å². The van der Waals surface area contributed by atoms with E-state index in [1.165, 1.54) is 0 Å². The molecule has 4 rings (SSSR count). The standard InChI is InChI=1S/C25H17Cl2NOS2/c26-19-5-13-23(14-6-19)30-21-9-1-17(2-10-21)25(28-29)18-3-11-22(12-4-18)31-24-15-7-20(27)8-16-24/h1-16,29H. The van der Waals surface area contributed by atoms with Gasteiger partial charge in [0.2, 0.25) is 0 Å². The lowest BCUT2D eigenvalue weighted by Crippen LogP contribution is -2.03. The van der Waals surface area contributed by atoms with Crippen LogP contribution in [0.2, 0.25) is 10.0 Å². The lowest BCUT2D eigenvalue weighted by atomic mass is 10.0. The fourth-order valence-electron chi connectivity index (χ4n) is 2.92. The summed E-state index contributed by atoms with van der Waals surface area (Å²) in [6.45, 7) is 0. The Balaban J connectivity index is 1.46. The summed E-state index contributed by atoms with van der Waals surface area (Å²) in [5.41, 5.74) is 2.23. The van der Waals surface area contributed by atoms with Gasteiger partial charge in [0, 0.05) is 40.8 Å². The molecule has 154 valence electrons. The Hall–Kier alpha value is -2.37. The van der Waals surface area contributed by atoms with Crippen molar-refractivity contribution in [3.63, 3.8) is 0 Å². The largest absolute Gasteiger partial charge is 0.410 e. The average Bonchev–Trinajstić information content (AvgIpc) is 2.80. The van der Waals surface area contributed by atoms with Crippen LogP contribution in [0.3, 0.4) is 0 Å². The molecule has 4 aromatic rings. The van der Waals surface area contributed by atoms with E-state index in [1.54, 1.807) is 23.5 Å². The topological polar surface area (TPSA) is 32.6 Å². The van der Waals surface area contributed by atoms with Gasteiger partial charge in [0.15, 0.2) is 0 Å². The highest BCUT2D eigenvalue weighted by Crippen LogP contribution is 2.30. The van der Waals surface area contributed by atoms with Crippen molar-refractivity contribution in [3.05, 3.63) is 118 Å². The Morgan fingerprint density at radius 2 is 0.806 bits per heavy atom. The molecule has 0 saturated heterocycles. The summed E-state index contributed by atoms with van der Waals surface area (Å²) >= 11 is 15.2. The number of halogens is 2. The number of oxime groups is 1. The molecule has 0 unspecified atom stereocenters. The van der Waals surface area contributed by atoms with Gasteiger partial charge < -0.3 is 5.21 Å². The van der Waals surface area contributed by atoms with Crippen molar-refractivity contribution >= 4 is 52.4 Å². The molecular weight excluding hydrogens is 465 g/mol. The molecular formula is C25H17Cl2NOS2. The second-order valence-corrected chi connectivity index (χ2v) is 9.78. The van der Waals surface area contributed by atoms with E-state index in [1.807, 2.05) is 97.1 Å². The average molecular weight is 482 g/mol. The number of hydrogen-bond donors (Lipinski definition) is 1. The fourth-order valence-corrected chi connectivity index (χ4v) is 4.81. The van der Waals surface area contributed by atoms with E-state index in [9.17, 15) is 5.21 Å². The highest BCUT2D eigenvalue weighted by Gasteiger charge is 2.09. The van der Waals surface area contributed by atoms with Gasteiger partial charge >= 0.3 is 0 Å². The zero-order chi connectivity index (χ0) is 21.6. The molecule has 1 N–H and O–H groups in total. The highest BCUT2D eigenvalue weighted by atomic mass is 35.5. The Morgan fingerprint density at radius 3 is 1.10 bits per heavy atom. The van der Waals surface area contributed by atoms with E-state index in [2.05, 4.69) is 5.16 Å². The summed E-state index contributed by atoms with van der Waals surface area (Å²) in [5, 5.41) is 14.6. The number of nitrogens with zero attached hydrogens (tertiary/aromatic N) is 1. The van der Waals surface area contributed by atoms with Gasteiger partial charge in [-0.15, -0.1) is 0 Å². The van der Waals surface area contributed by atoms with Crippen LogP contribution in [0.4, 0.5) is 0 Å². The van der Waals surface area contributed by atoms with E-state index in [0.29, 0.717) is 5.71 Å². The van der Waals surface area contributed by atoms with Gasteiger partial charge in [0.25, 0.3) is 0 Å². The van der Waals surface area contributed by atoms with Crippen LogP contribution < -0.4 is 0 Å². The third-order valence-electron chi connectivity index (χ3n) is 4.45. The quantitative estimate of drug-likeness (QED) is 0.170. The predicted molar refractivity (Wildman–Crippen MR) is 131 cm³/mol.